The first-order valence-corrected chi connectivity index (χ1v) is 10.1. The molecule has 0 atom stereocenters. The van der Waals surface area contributed by atoms with Gasteiger partial charge in [0.15, 0.2) is 0 Å². The van der Waals surface area contributed by atoms with Crippen molar-refractivity contribution in [3.05, 3.63) is 65.7 Å². The molecule has 0 bridgehead atoms. The second-order valence-corrected chi connectivity index (χ2v) is 6.96. The monoisotopic (exact) mass is 412 g/mol. The molecule has 0 aliphatic rings. The van der Waals surface area contributed by atoms with Gasteiger partial charge in [0, 0.05) is 18.7 Å². The zero-order chi connectivity index (χ0) is 21.6. The maximum absolute atomic E-state index is 12.0. The lowest BCUT2D eigenvalue weighted by Gasteiger charge is -2.16. The van der Waals surface area contributed by atoms with Crippen molar-refractivity contribution >= 4 is 24.0 Å². The Balaban J connectivity index is 1.53. The van der Waals surface area contributed by atoms with Gasteiger partial charge in [0.1, 0.15) is 6.61 Å². The summed E-state index contributed by atoms with van der Waals surface area (Å²) in [6.07, 6.45) is 5.50. The van der Waals surface area contributed by atoms with Gasteiger partial charge in [-0.2, -0.15) is 0 Å². The Morgan fingerprint density at radius 1 is 0.967 bits per heavy atom. The SMILES string of the molecule is O=CN(CCCCCCCC(=O)Nc1cccc(C(=O)O)c1)OCc1ccccc1. The van der Waals surface area contributed by atoms with Gasteiger partial charge in [0.05, 0.1) is 5.56 Å². The standard InChI is InChI=1S/C23H28N2O5/c26-18-25(30-17-19-10-5-4-6-11-19)15-8-3-1-2-7-14-22(27)24-21-13-9-12-20(16-21)23(28)29/h4-6,9-13,16,18H,1-3,7-8,14-15,17H2,(H,24,27)(H,28,29). The van der Waals surface area contributed by atoms with E-state index in [-0.39, 0.29) is 11.5 Å². The number of benzene rings is 2. The summed E-state index contributed by atoms with van der Waals surface area (Å²) in [5.41, 5.74) is 1.64. The minimum absolute atomic E-state index is 0.126. The lowest BCUT2D eigenvalue weighted by Crippen LogP contribution is -2.23. The van der Waals surface area contributed by atoms with Gasteiger partial charge in [-0.05, 0) is 36.6 Å². The van der Waals surface area contributed by atoms with Gasteiger partial charge in [0.2, 0.25) is 12.3 Å². The molecule has 7 nitrogen and oxygen atoms in total. The highest BCUT2D eigenvalue weighted by atomic mass is 16.7. The fraction of sp³-hybridized carbons (Fsp3) is 0.348. The Labute approximate surface area is 176 Å². The van der Waals surface area contributed by atoms with Gasteiger partial charge >= 0.3 is 5.97 Å². The van der Waals surface area contributed by atoms with Crippen molar-refractivity contribution in [2.45, 2.75) is 45.1 Å². The molecule has 0 heterocycles. The summed E-state index contributed by atoms with van der Waals surface area (Å²) in [5, 5.41) is 13.0. The number of carbonyl (C=O) groups excluding carboxylic acids is 2. The predicted octanol–water partition coefficient (Wildman–Crippen LogP) is 4.25. The molecule has 30 heavy (non-hydrogen) atoms. The number of carboxylic acid groups (broad SMARTS) is 1. The van der Waals surface area contributed by atoms with Gasteiger partial charge in [-0.3, -0.25) is 14.4 Å². The number of nitrogens with one attached hydrogen (secondary N) is 1. The maximum Gasteiger partial charge on any atom is 0.335 e. The van der Waals surface area contributed by atoms with E-state index in [0.29, 0.717) is 31.7 Å². The number of aromatic carboxylic acids is 1. The molecule has 0 fully saturated rings. The molecule has 2 aromatic carbocycles. The molecule has 0 saturated heterocycles. The lowest BCUT2D eigenvalue weighted by atomic mass is 10.1. The Hall–Kier alpha value is -3.19. The number of carboxylic acids is 1. The van der Waals surface area contributed by atoms with E-state index >= 15 is 0 Å². The van der Waals surface area contributed by atoms with Crippen molar-refractivity contribution < 1.29 is 24.3 Å². The van der Waals surface area contributed by atoms with E-state index in [1.165, 1.54) is 17.2 Å². The second-order valence-electron chi connectivity index (χ2n) is 6.96. The summed E-state index contributed by atoms with van der Waals surface area (Å²) in [5.74, 6) is -1.15. The molecule has 7 heteroatoms. The molecule has 0 spiro atoms. The number of anilines is 1. The molecule has 2 amide bonds. The van der Waals surface area contributed by atoms with Crippen molar-refractivity contribution in [1.82, 2.24) is 5.06 Å². The van der Waals surface area contributed by atoms with E-state index in [1.54, 1.807) is 12.1 Å². The molecular formula is C23H28N2O5. The Bertz CT molecular complexity index is 810. The van der Waals surface area contributed by atoms with E-state index in [2.05, 4.69) is 5.32 Å². The molecule has 160 valence electrons. The summed E-state index contributed by atoms with van der Waals surface area (Å²) in [6, 6.07) is 15.9. The largest absolute Gasteiger partial charge is 0.478 e. The third kappa shape index (κ3) is 8.87. The number of hydroxylamine groups is 2. The zero-order valence-electron chi connectivity index (χ0n) is 17.0. The summed E-state index contributed by atoms with van der Waals surface area (Å²) in [6.45, 7) is 0.904. The highest BCUT2D eigenvalue weighted by Crippen LogP contribution is 2.12. The Morgan fingerprint density at radius 3 is 2.43 bits per heavy atom. The van der Waals surface area contributed by atoms with Crippen molar-refractivity contribution in [3.63, 3.8) is 0 Å². The molecule has 0 saturated carbocycles. The molecule has 2 aromatic rings. The van der Waals surface area contributed by atoms with Crippen molar-refractivity contribution in [1.29, 1.82) is 0 Å². The van der Waals surface area contributed by atoms with Crippen molar-refractivity contribution in [3.8, 4) is 0 Å². The highest BCUT2D eigenvalue weighted by Gasteiger charge is 2.07. The van der Waals surface area contributed by atoms with E-state index in [4.69, 9.17) is 9.94 Å². The topological polar surface area (TPSA) is 95.9 Å². The maximum atomic E-state index is 12.0. The highest BCUT2D eigenvalue weighted by molar-refractivity contribution is 5.93. The minimum Gasteiger partial charge on any atom is -0.478 e. The molecule has 0 aliphatic carbocycles. The Morgan fingerprint density at radius 2 is 1.70 bits per heavy atom. The van der Waals surface area contributed by atoms with Gasteiger partial charge < -0.3 is 10.4 Å². The average Bonchev–Trinajstić information content (AvgIpc) is 2.76. The smallest absolute Gasteiger partial charge is 0.335 e. The van der Waals surface area contributed by atoms with Crippen LogP contribution >= 0.6 is 0 Å². The molecule has 0 aliphatic heterocycles. The number of unbranched alkanes of at least 4 members (excludes halogenated alkanes) is 4. The van der Waals surface area contributed by atoms with Crippen LogP contribution in [-0.4, -0.2) is 35.0 Å². The van der Waals surface area contributed by atoms with Gasteiger partial charge in [-0.15, -0.1) is 0 Å². The van der Waals surface area contributed by atoms with Crippen LogP contribution in [0.4, 0.5) is 5.69 Å². The third-order valence-electron chi connectivity index (χ3n) is 4.53. The third-order valence-corrected chi connectivity index (χ3v) is 4.53. The number of nitrogens with zero attached hydrogens (tertiary/aromatic N) is 1. The van der Waals surface area contributed by atoms with E-state index in [0.717, 1.165) is 37.7 Å². The lowest BCUT2D eigenvalue weighted by molar-refractivity contribution is -0.177. The van der Waals surface area contributed by atoms with Gasteiger partial charge in [-0.1, -0.05) is 55.7 Å². The van der Waals surface area contributed by atoms with Crippen molar-refractivity contribution in [2.75, 3.05) is 11.9 Å². The number of hydrogen-bond donors (Lipinski definition) is 2. The predicted molar refractivity (Wildman–Crippen MR) is 114 cm³/mol. The Kier molecular flexibility index (Phi) is 10.1. The number of amides is 2. The first kappa shape index (κ1) is 23.1. The second kappa shape index (κ2) is 13.1. The van der Waals surface area contributed by atoms with Crippen LogP contribution in [0.3, 0.4) is 0 Å². The first-order valence-electron chi connectivity index (χ1n) is 10.1. The van der Waals surface area contributed by atoms with Gasteiger partial charge in [-0.25, -0.2) is 9.86 Å². The van der Waals surface area contributed by atoms with Gasteiger partial charge in [0.25, 0.3) is 0 Å². The minimum atomic E-state index is -1.02. The molecular weight excluding hydrogens is 384 g/mol. The fourth-order valence-electron chi connectivity index (χ4n) is 2.92. The summed E-state index contributed by atoms with van der Waals surface area (Å²) in [7, 11) is 0. The summed E-state index contributed by atoms with van der Waals surface area (Å²) < 4.78 is 0. The normalized spacial score (nSPS) is 10.4. The number of rotatable bonds is 14. The van der Waals surface area contributed by atoms with E-state index in [1.807, 2.05) is 30.3 Å². The van der Waals surface area contributed by atoms with Crippen molar-refractivity contribution in [2.24, 2.45) is 0 Å². The van der Waals surface area contributed by atoms with Crippen LogP contribution < -0.4 is 5.32 Å². The van der Waals surface area contributed by atoms with Crippen LogP contribution in [0, 0.1) is 0 Å². The van der Waals surface area contributed by atoms with Crippen LogP contribution in [0.15, 0.2) is 54.6 Å². The zero-order valence-corrected chi connectivity index (χ0v) is 17.0. The number of hydrogen-bond acceptors (Lipinski definition) is 4. The van der Waals surface area contributed by atoms with Crippen LogP contribution in [0.1, 0.15) is 54.4 Å². The molecule has 2 rings (SSSR count). The van der Waals surface area contributed by atoms with Crippen LogP contribution in [0.25, 0.3) is 0 Å². The molecule has 2 N–H and O–H groups in total. The van der Waals surface area contributed by atoms with E-state index in [9.17, 15) is 14.4 Å². The quantitative estimate of drug-likeness (QED) is 0.275. The first-order chi connectivity index (χ1) is 14.6. The number of carbonyl (C=O) groups is 3. The molecule has 0 radical (unpaired) electrons. The summed E-state index contributed by atoms with van der Waals surface area (Å²) >= 11 is 0. The summed E-state index contributed by atoms with van der Waals surface area (Å²) in [4.78, 5) is 39.5. The average molecular weight is 412 g/mol. The fourth-order valence-corrected chi connectivity index (χ4v) is 2.92. The van der Waals surface area contributed by atoms with E-state index < -0.39 is 5.97 Å². The van der Waals surface area contributed by atoms with Crippen LogP contribution in [0.2, 0.25) is 0 Å². The van der Waals surface area contributed by atoms with Crippen LogP contribution in [-0.2, 0) is 21.0 Å². The molecule has 0 unspecified atom stereocenters. The molecule has 0 aromatic heterocycles. The van der Waals surface area contributed by atoms with Crippen LogP contribution in [0.5, 0.6) is 0 Å².